The number of nitrogens with zero attached hydrogens (tertiary/aromatic N) is 2. The number of hydrogen-bond acceptors (Lipinski definition) is 4. The van der Waals surface area contributed by atoms with Crippen LogP contribution >= 0.6 is 0 Å². The summed E-state index contributed by atoms with van der Waals surface area (Å²) in [6, 6.07) is 9.05. The Labute approximate surface area is 110 Å². The van der Waals surface area contributed by atoms with Gasteiger partial charge in [0.1, 0.15) is 6.54 Å². The van der Waals surface area contributed by atoms with E-state index in [1.165, 1.54) is 4.57 Å². The largest absolute Gasteiger partial charge is 0.442 e. The number of aromatic nitrogens is 2. The van der Waals surface area contributed by atoms with Gasteiger partial charge in [0.05, 0.1) is 0 Å². The Morgan fingerprint density at radius 1 is 1.37 bits per heavy atom. The summed E-state index contributed by atoms with van der Waals surface area (Å²) in [5.74, 6) is -0.436. The van der Waals surface area contributed by atoms with Crippen LogP contribution in [0.1, 0.15) is 25.6 Å². The quantitative estimate of drug-likeness (QED) is 0.906. The fraction of sp³-hybridized carbons (Fsp3) is 0.308. The number of benzene rings is 1. The molecule has 0 aliphatic heterocycles. The van der Waals surface area contributed by atoms with Crippen LogP contribution in [0.15, 0.2) is 39.6 Å². The zero-order chi connectivity index (χ0) is 13.8. The second kappa shape index (κ2) is 5.51. The van der Waals surface area contributed by atoms with Gasteiger partial charge in [-0.15, -0.1) is 0 Å². The Hall–Kier alpha value is -2.37. The Morgan fingerprint density at radius 3 is 2.68 bits per heavy atom. The van der Waals surface area contributed by atoms with Gasteiger partial charge in [-0.05, 0) is 12.1 Å². The fourth-order valence-electron chi connectivity index (χ4n) is 1.71. The van der Waals surface area contributed by atoms with Gasteiger partial charge in [0, 0.05) is 11.6 Å². The van der Waals surface area contributed by atoms with E-state index in [0.29, 0.717) is 11.5 Å². The van der Waals surface area contributed by atoms with Gasteiger partial charge in [0.25, 0.3) is 0 Å². The molecule has 1 heterocycles. The van der Waals surface area contributed by atoms with E-state index in [1.54, 1.807) is 12.1 Å². The summed E-state index contributed by atoms with van der Waals surface area (Å²) in [4.78, 5) is 23.4. The molecule has 0 bridgehead atoms. The first kappa shape index (κ1) is 13.1. The van der Waals surface area contributed by atoms with Gasteiger partial charge >= 0.3 is 5.76 Å². The van der Waals surface area contributed by atoms with Crippen LogP contribution in [0, 0.1) is 0 Å². The molecule has 1 aromatic heterocycles. The molecule has 1 amide bonds. The Bertz CT molecular complexity index is 614. The molecule has 0 saturated carbocycles. The molecule has 1 N–H and O–H groups in total. The van der Waals surface area contributed by atoms with Crippen molar-refractivity contribution in [3.05, 3.63) is 46.7 Å². The van der Waals surface area contributed by atoms with Crippen LogP contribution in [0.3, 0.4) is 0 Å². The molecule has 19 heavy (non-hydrogen) atoms. The second-order valence-electron chi connectivity index (χ2n) is 4.46. The molecule has 2 aromatic rings. The number of carbonyl (C=O) groups is 1. The Balaban J connectivity index is 2.11. The minimum absolute atomic E-state index is 0.0102. The molecule has 0 aliphatic rings. The summed E-state index contributed by atoms with van der Waals surface area (Å²) >= 11 is 0. The summed E-state index contributed by atoms with van der Waals surface area (Å²) in [7, 11) is 0. The molecule has 6 heteroatoms. The first-order chi connectivity index (χ1) is 9.08. The van der Waals surface area contributed by atoms with Crippen LogP contribution in [-0.2, 0) is 11.3 Å². The average molecular weight is 261 g/mol. The lowest BCUT2D eigenvalue weighted by Gasteiger charge is -2.07. The van der Waals surface area contributed by atoms with Gasteiger partial charge in [0.15, 0.2) is 5.82 Å². The maximum atomic E-state index is 11.9. The fourth-order valence-corrected chi connectivity index (χ4v) is 1.71. The first-order valence-electron chi connectivity index (χ1n) is 5.99. The summed E-state index contributed by atoms with van der Waals surface area (Å²) < 4.78 is 5.82. The summed E-state index contributed by atoms with van der Waals surface area (Å²) in [6.45, 7) is 3.65. The Kier molecular flexibility index (Phi) is 3.79. The van der Waals surface area contributed by atoms with Crippen LogP contribution in [0.5, 0.6) is 0 Å². The van der Waals surface area contributed by atoms with Crippen LogP contribution in [0.4, 0.5) is 5.69 Å². The molecule has 0 aliphatic carbocycles. The molecule has 0 spiro atoms. The summed E-state index contributed by atoms with van der Waals surface area (Å²) in [6.07, 6.45) is 0. The number of anilines is 1. The van der Waals surface area contributed by atoms with Crippen molar-refractivity contribution in [2.75, 3.05) is 5.32 Å². The number of amides is 1. The molecule has 2 rings (SSSR count). The lowest BCUT2D eigenvalue weighted by Crippen LogP contribution is -2.26. The van der Waals surface area contributed by atoms with E-state index in [-0.39, 0.29) is 18.4 Å². The van der Waals surface area contributed by atoms with Gasteiger partial charge in [0.2, 0.25) is 5.91 Å². The normalized spacial score (nSPS) is 10.7. The van der Waals surface area contributed by atoms with Gasteiger partial charge < -0.3 is 5.32 Å². The number of hydrogen-bond donors (Lipinski definition) is 1. The van der Waals surface area contributed by atoms with Crippen molar-refractivity contribution in [2.24, 2.45) is 0 Å². The molecule has 0 unspecified atom stereocenters. The lowest BCUT2D eigenvalue weighted by atomic mass is 10.2. The van der Waals surface area contributed by atoms with Gasteiger partial charge in [-0.2, -0.15) is 0 Å². The van der Waals surface area contributed by atoms with Crippen molar-refractivity contribution in [1.82, 2.24) is 9.72 Å². The first-order valence-corrected chi connectivity index (χ1v) is 5.99. The van der Waals surface area contributed by atoms with Crippen LogP contribution in [0.2, 0.25) is 0 Å². The minimum atomic E-state index is -0.619. The highest BCUT2D eigenvalue weighted by atomic mass is 16.5. The van der Waals surface area contributed by atoms with Crippen LogP contribution in [-0.4, -0.2) is 15.6 Å². The van der Waals surface area contributed by atoms with E-state index in [9.17, 15) is 9.59 Å². The predicted octanol–water partition coefficient (Wildman–Crippen LogP) is 1.60. The van der Waals surface area contributed by atoms with E-state index in [0.717, 1.165) is 0 Å². The Morgan fingerprint density at radius 2 is 2.05 bits per heavy atom. The molecular weight excluding hydrogens is 246 g/mol. The van der Waals surface area contributed by atoms with E-state index in [2.05, 4.69) is 15.0 Å². The number of carbonyl (C=O) groups excluding carboxylic acids is 1. The SMILES string of the molecule is CC(C)c1noc(=O)n1CC(=O)Nc1ccccc1. The molecular formula is C13H15N3O3. The van der Waals surface area contributed by atoms with E-state index < -0.39 is 5.76 Å². The van der Waals surface area contributed by atoms with Crippen molar-refractivity contribution in [3.63, 3.8) is 0 Å². The van der Waals surface area contributed by atoms with Crippen molar-refractivity contribution >= 4 is 11.6 Å². The van der Waals surface area contributed by atoms with Crippen molar-refractivity contribution in [1.29, 1.82) is 0 Å². The zero-order valence-corrected chi connectivity index (χ0v) is 10.8. The molecule has 100 valence electrons. The minimum Gasteiger partial charge on any atom is -0.325 e. The van der Waals surface area contributed by atoms with Crippen LogP contribution < -0.4 is 11.1 Å². The smallest absolute Gasteiger partial charge is 0.325 e. The molecule has 6 nitrogen and oxygen atoms in total. The number of rotatable bonds is 4. The third-order valence-corrected chi connectivity index (χ3v) is 2.59. The third kappa shape index (κ3) is 3.09. The summed E-state index contributed by atoms with van der Waals surface area (Å²) in [5.41, 5.74) is 0.683. The molecule has 0 radical (unpaired) electrons. The molecule has 1 aromatic carbocycles. The number of para-hydroxylation sites is 1. The molecule has 0 fully saturated rings. The molecule has 0 saturated heterocycles. The van der Waals surface area contributed by atoms with Gasteiger partial charge in [-0.25, -0.2) is 4.79 Å². The lowest BCUT2D eigenvalue weighted by molar-refractivity contribution is -0.116. The predicted molar refractivity (Wildman–Crippen MR) is 69.9 cm³/mol. The summed E-state index contributed by atoms with van der Waals surface area (Å²) in [5, 5.41) is 6.38. The van der Waals surface area contributed by atoms with Crippen molar-refractivity contribution in [2.45, 2.75) is 26.3 Å². The van der Waals surface area contributed by atoms with E-state index >= 15 is 0 Å². The number of nitrogens with one attached hydrogen (secondary N) is 1. The molecule has 0 atom stereocenters. The van der Waals surface area contributed by atoms with Crippen molar-refractivity contribution < 1.29 is 9.32 Å². The highest BCUT2D eigenvalue weighted by Gasteiger charge is 2.16. The van der Waals surface area contributed by atoms with Gasteiger partial charge in [-0.3, -0.25) is 13.9 Å². The standard InChI is InChI=1S/C13H15N3O3/c1-9(2)12-15-19-13(18)16(12)8-11(17)14-10-6-4-3-5-7-10/h3-7,9H,8H2,1-2H3,(H,14,17). The second-order valence-corrected chi connectivity index (χ2v) is 4.46. The monoisotopic (exact) mass is 261 g/mol. The maximum Gasteiger partial charge on any atom is 0.442 e. The van der Waals surface area contributed by atoms with E-state index in [4.69, 9.17) is 0 Å². The topological polar surface area (TPSA) is 77.1 Å². The van der Waals surface area contributed by atoms with Crippen molar-refractivity contribution in [3.8, 4) is 0 Å². The third-order valence-electron chi connectivity index (χ3n) is 2.59. The maximum absolute atomic E-state index is 11.9. The average Bonchev–Trinajstić information content (AvgIpc) is 2.72. The van der Waals surface area contributed by atoms with Crippen LogP contribution in [0.25, 0.3) is 0 Å². The van der Waals surface area contributed by atoms with Gasteiger partial charge in [-0.1, -0.05) is 37.2 Å². The zero-order valence-electron chi connectivity index (χ0n) is 10.8. The highest BCUT2D eigenvalue weighted by molar-refractivity contribution is 5.90. The van der Waals surface area contributed by atoms with E-state index in [1.807, 2.05) is 32.0 Å². The highest BCUT2D eigenvalue weighted by Crippen LogP contribution is 2.10.